The quantitative estimate of drug-likeness (QED) is 0.0688. The summed E-state index contributed by atoms with van der Waals surface area (Å²) in [6.07, 6.45) is -7.51. The van der Waals surface area contributed by atoms with Crippen molar-refractivity contribution in [3.63, 3.8) is 0 Å². The molecule has 314 valence electrons. The van der Waals surface area contributed by atoms with Crippen molar-refractivity contribution in [1.82, 2.24) is 0 Å². The first-order chi connectivity index (χ1) is 29.7. The Hall–Kier alpha value is -6.43. The van der Waals surface area contributed by atoms with Gasteiger partial charge >= 0.3 is 360 Å². The monoisotopic (exact) mass is 942 g/mol. The molecule has 61 heavy (non-hydrogen) atoms. The number of hydrogen-bond donors (Lipinski definition) is 0. The maximum absolute atomic E-state index is 13.9. The van der Waals surface area contributed by atoms with Gasteiger partial charge in [-0.25, -0.2) is 0 Å². The van der Waals surface area contributed by atoms with Crippen LogP contribution in [0, 0.1) is 3.57 Å². The number of rotatable bonds is 13. The van der Waals surface area contributed by atoms with E-state index >= 15 is 0 Å². The second-order valence-electron chi connectivity index (χ2n) is 13.7. The van der Waals surface area contributed by atoms with Gasteiger partial charge in [0.05, 0.1) is 0 Å². The van der Waals surface area contributed by atoms with Crippen molar-refractivity contribution in [2.45, 2.75) is 49.5 Å². The molecule has 0 unspecified atom stereocenters. The molecule has 5 aromatic rings. The van der Waals surface area contributed by atoms with E-state index in [9.17, 15) is 28.8 Å². The molecular weight excluding hydrogens is 903 g/mol. The van der Waals surface area contributed by atoms with Crippen LogP contribution in [-0.4, -0.2) is 85.7 Å². The van der Waals surface area contributed by atoms with Gasteiger partial charge in [-0.2, -0.15) is 0 Å². The standard InChI is InChI=1S/C46H39IO14/c48-41(30-16-6-1-7-17-30)56-35-26-37(54-28-39(35)58-43(50)32-20-10-3-11-21-32)45(52)60-47(34-24-14-5-15-25-34)61-46(53)38-27-36(57-42(49)31-18-8-2-9-19-31)40(29-55-38)59-44(51)33-22-12-4-13-23-33/h1-25,35-40H,26-29H2/t35-,36-,37+,38+,39+,40+/m0/s1. The molecule has 6 atom stereocenters. The summed E-state index contributed by atoms with van der Waals surface area (Å²) in [5.74, 6) is -4.56. The fourth-order valence-electron chi connectivity index (χ4n) is 6.27. The Morgan fingerprint density at radius 1 is 0.393 bits per heavy atom. The van der Waals surface area contributed by atoms with E-state index in [1.54, 1.807) is 152 Å². The van der Waals surface area contributed by atoms with Gasteiger partial charge in [-0.05, 0) is 0 Å². The molecule has 0 bridgehead atoms. The van der Waals surface area contributed by atoms with E-state index in [1.807, 2.05) is 0 Å². The number of esters is 4. The Morgan fingerprint density at radius 3 is 0.984 bits per heavy atom. The summed E-state index contributed by atoms with van der Waals surface area (Å²) in [6.45, 7) is -0.640. The average Bonchev–Trinajstić information content (AvgIpc) is 3.31. The van der Waals surface area contributed by atoms with Crippen LogP contribution in [0.1, 0.15) is 54.3 Å². The van der Waals surface area contributed by atoms with Gasteiger partial charge in [0.1, 0.15) is 0 Å². The minimum absolute atomic E-state index is 0.244. The third kappa shape index (κ3) is 11.4. The SMILES string of the molecule is O=C(O[C@H]1C[C@H](C(=O)OI(OC(=O)[C@H]2C[C@H](OC(=O)c3ccccc3)[C@H](OC(=O)c3ccccc3)CO2)c2ccccc2)OC[C@H]1OC(=O)c1ccccc1)c1ccccc1. The maximum atomic E-state index is 13.9. The number of ether oxygens (including phenoxy) is 6. The van der Waals surface area contributed by atoms with Crippen LogP contribution in [0.2, 0.25) is 0 Å². The Bertz CT molecular complexity index is 2140. The molecule has 2 fully saturated rings. The van der Waals surface area contributed by atoms with Crippen LogP contribution in [-0.2, 0) is 44.1 Å². The summed E-state index contributed by atoms with van der Waals surface area (Å²) in [5, 5.41) is 0. The Kier molecular flexibility index (Phi) is 14.5. The van der Waals surface area contributed by atoms with Crippen molar-refractivity contribution in [2.75, 3.05) is 13.2 Å². The van der Waals surface area contributed by atoms with Crippen LogP contribution >= 0.6 is 20.6 Å². The zero-order valence-corrected chi connectivity index (χ0v) is 34.5. The van der Waals surface area contributed by atoms with Gasteiger partial charge in [0.2, 0.25) is 0 Å². The van der Waals surface area contributed by atoms with Crippen molar-refractivity contribution in [3.05, 3.63) is 177 Å². The fourth-order valence-corrected chi connectivity index (χ4v) is 9.23. The van der Waals surface area contributed by atoms with E-state index in [2.05, 4.69) is 0 Å². The van der Waals surface area contributed by atoms with Crippen molar-refractivity contribution in [2.24, 2.45) is 0 Å². The number of halogens is 1. The predicted octanol–water partition coefficient (Wildman–Crippen LogP) is 6.76. The second-order valence-corrected chi connectivity index (χ2v) is 17.0. The van der Waals surface area contributed by atoms with Crippen LogP contribution in [0.5, 0.6) is 0 Å². The van der Waals surface area contributed by atoms with E-state index in [0.717, 1.165) is 0 Å². The van der Waals surface area contributed by atoms with Crippen LogP contribution in [0.15, 0.2) is 152 Å². The number of carbonyl (C=O) groups is 6. The van der Waals surface area contributed by atoms with Gasteiger partial charge in [0, 0.05) is 0 Å². The summed E-state index contributed by atoms with van der Waals surface area (Å²) in [4.78, 5) is 80.2. The van der Waals surface area contributed by atoms with Crippen molar-refractivity contribution < 1.29 is 63.3 Å². The zero-order chi connectivity index (χ0) is 42.6. The molecule has 0 spiro atoms. The van der Waals surface area contributed by atoms with Gasteiger partial charge in [-0.1, -0.05) is 0 Å². The molecule has 14 nitrogen and oxygen atoms in total. The molecule has 0 N–H and O–H groups in total. The molecular formula is C46H39IO14. The number of hydrogen-bond acceptors (Lipinski definition) is 14. The number of carbonyl (C=O) groups excluding carboxylic acids is 6. The Morgan fingerprint density at radius 2 is 0.672 bits per heavy atom. The van der Waals surface area contributed by atoms with Gasteiger partial charge in [0.15, 0.2) is 0 Å². The fraction of sp³-hybridized carbons (Fsp3) is 0.217. The van der Waals surface area contributed by atoms with Crippen molar-refractivity contribution in [3.8, 4) is 0 Å². The van der Waals surface area contributed by atoms with Gasteiger partial charge < -0.3 is 0 Å². The summed E-state index contributed by atoms with van der Waals surface area (Å²) in [7, 11) is 0. The zero-order valence-electron chi connectivity index (χ0n) is 32.3. The van der Waals surface area contributed by atoms with E-state index in [0.29, 0.717) is 3.57 Å². The molecule has 0 radical (unpaired) electrons. The molecule has 0 aromatic heterocycles. The van der Waals surface area contributed by atoms with Crippen LogP contribution in [0.3, 0.4) is 0 Å². The van der Waals surface area contributed by atoms with E-state index in [-0.39, 0.29) is 48.3 Å². The van der Waals surface area contributed by atoms with Gasteiger partial charge in [-0.3, -0.25) is 0 Å². The normalized spacial score (nSPS) is 21.1. The van der Waals surface area contributed by atoms with E-state index < -0.39 is 93.1 Å². The third-order valence-corrected chi connectivity index (χ3v) is 12.9. The van der Waals surface area contributed by atoms with Gasteiger partial charge in [-0.15, -0.1) is 0 Å². The molecule has 2 aliphatic heterocycles. The predicted molar refractivity (Wildman–Crippen MR) is 223 cm³/mol. The van der Waals surface area contributed by atoms with E-state index in [4.69, 9.17) is 34.6 Å². The van der Waals surface area contributed by atoms with Crippen LogP contribution in [0.25, 0.3) is 0 Å². The molecule has 2 heterocycles. The summed E-state index contributed by atoms with van der Waals surface area (Å²) < 4.78 is 47.0. The minimum atomic E-state index is -3.69. The van der Waals surface area contributed by atoms with Crippen molar-refractivity contribution >= 4 is 56.5 Å². The van der Waals surface area contributed by atoms with Crippen LogP contribution < -0.4 is 0 Å². The average molecular weight is 943 g/mol. The summed E-state index contributed by atoms with van der Waals surface area (Å²) in [5.41, 5.74) is 1.02. The Labute approximate surface area is 358 Å². The summed E-state index contributed by atoms with van der Waals surface area (Å²) in [6, 6.07) is 41.2. The molecule has 15 heteroatoms. The van der Waals surface area contributed by atoms with Crippen LogP contribution in [0.4, 0.5) is 0 Å². The molecule has 0 amide bonds. The topological polar surface area (TPSA) is 176 Å². The molecule has 5 aromatic carbocycles. The Balaban J connectivity index is 1.05. The second kappa shape index (κ2) is 20.7. The molecule has 0 aliphatic carbocycles. The van der Waals surface area contributed by atoms with E-state index in [1.165, 1.54) is 0 Å². The number of benzene rings is 5. The summed E-state index contributed by atoms with van der Waals surface area (Å²) >= 11 is -3.69. The van der Waals surface area contributed by atoms with Gasteiger partial charge in [0.25, 0.3) is 0 Å². The first kappa shape index (κ1) is 42.7. The first-order valence-corrected chi connectivity index (χ1v) is 22.0. The van der Waals surface area contributed by atoms with Crippen molar-refractivity contribution in [1.29, 1.82) is 0 Å². The first-order valence-electron chi connectivity index (χ1n) is 19.2. The third-order valence-electron chi connectivity index (χ3n) is 9.45. The molecule has 2 aliphatic rings. The molecule has 2 saturated heterocycles. The molecule has 0 saturated carbocycles. The molecule has 7 rings (SSSR count).